The summed E-state index contributed by atoms with van der Waals surface area (Å²) in [5.74, 6) is -0.0456. The Morgan fingerprint density at radius 3 is 2.68 bits per heavy atom. The van der Waals surface area contributed by atoms with Gasteiger partial charge in [-0.2, -0.15) is 0 Å². The molecular weight excluding hydrogens is 370 g/mol. The van der Waals surface area contributed by atoms with Crippen molar-refractivity contribution in [1.82, 2.24) is 9.55 Å². The number of ether oxygens (including phenoxy) is 1. The van der Waals surface area contributed by atoms with Crippen LogP contribution < -0.4 is 5.32 Å². The summed E-state index contributed by atoms with van der Waals surface area (Å²) in [6.07, 6.45) is 1.27. The van der Waals surface area contributed by atoms with Gasteiger partial charge in [0.05, 0.1) is 18.7 Å². The van der Waals surface area contributed by atoms with Gasteiger partial charge in [-0.15, -0.1) is 11.3 Å². The van der Waals surface area contributed by atoms with Crippen molar-refractivity contribution in [2.24, 2.45) is 0 Å². The van der Waals surface area contributed by atoms with Gasteiger partial charge in [-0.25, -0.2) is 4.98 Å². The molecule has 0 unspecified atom stereocenters. The van der Waals surface area contributed by atoms with Crippen molar-refractivity contribution < 1.29 is 9.53 Å². The van der Waals surface area contributed by atoms with Crippen LogP contribution in [0.4, 0.5) is 5.69 Å². The zero-order valence-electron chi connectivity index (χ0n) is 16.9. The van der Waals surface area contributed by atoms with Gasteiger partial charge in [0.1, 0.15) is 5.01 Å². The van der Waals surface area contributed by atoms with Gasteiger partial charge < -0.3 is 14.6 Å². The van der Waals surface area contributed by atoms with Crippen molar-refractivity contribution in [1.29, 1.82) is 0 Å². The van der Waals surface area contributed by atoms with Crippen LogP contribution in [0.25, 0.3) is 11.3 Å². The Morgan fingerprint density at radius 1 is 1.25 bits per heavy atom. The molecule has 1 aromatic carbocycles. The fourth-order valence-corrected chi connectivity index (χ4v) is 4.06. The van der Waals surface area contributed by atoms with E-state index in [0.717, 1.165) is 34.9 Å². The summed E-state index contributed by atoms with van der Waals surface area (Å²) in [5.41, 5.74) is 6.48. The van der Waals surface area contributed by atoms with Crippen molar-refractivity contribution in [2.45, 2.75) is 40.2 Å². The number of carbonyl (C=O) groups is 1. The van der Waals surface area contributed by atoms with Crippen molar-refractivity contribution in [2.75, 3.05) is 19.0 Å². The van der Waals surface area contributed by atoms with E-state index in [-0.39, 0.29) is 12.3 Å². The second kappa shape index (κ2) is 9.17. The number of aromatic nitrogens is 2. The summed E-state index contributed by atoms with van der Waals surface area (Å²) in [5, 5.41) is 5.80. The predicted octanol–water partition coefficient (Wildman–Crippen LogP) is 4.62. The summed E-state index contributed by atoms with van der Waals surface area (Å²) in [6.45, 7) is 7.81. The molecule has 0 aliphatic rings. The first-order valence-electron chi connectivity index (χ1n) is 9.51. The average molecular weight is 398 g/mol. The minimum atomic E-state index is -0.0456. The molecule has 2 aromatic heterocycles. The van der Waals surface area contributed by atoms with Gasteiger partial charge in [0.25, 0.3) is 0 Å². The highest BCUT2D eigenvalue weighted by Crippen LogP contribution is 2.28. The standard InChI is InChI=1S/C22H27N3O2S/c1-5-17-6-8-18(9-7-17)23-21(26)13-22-24-20(14-28-22)19-12-15(2)25(16(19)3)10-11-27-4/h6-9,12,14H,5,10-11,13H2,1-4H3,(H,23,26). The molecule has 148 valence electrons. The highest BCUT2D eigenvalue weighted by molar-refractivity contribution is 7.10. The molecule has 0 radical (unpaired) electrons. The van der Waals surface area contributed by atoms with Crippen molar-refractivity contribution >= 4 is 22.9 Å². The first-order valence-corrected chi connectivity index (χ1v) is 10.4. The summed E-state index contributed by atoms with van der Waals surface area (Å²) in [6, 6.07) is 10.1. The molecule has 0 aliphatic carbocycles. The van der Waals surface area contributed by atoms with E-state index in [2.05, 4.69) is 36.7 Å². The molecule has 1 amide bonds. The fraction of sp³-hybridized carbons (Fsp3) is 0.364. The number of carbonyl (C=O) groups excluding carboxylic acids is 1. The van der Waals surface area contributed by atoms with E-state index >= 15 is 0 Å². The molecule has 0 aliphatic heterocycles. The lowest BCUT2D eigenvalue weighted by molar-refractivity contribution is -0.115. The van der Waals surface area contributed by atoms with Crippen molar-refractivity contribution in [3.63, 3.8) is 0 Å². The van der Waals surface area contributed by atoms with E-state index in [1.807, 2.05) is 29.6 Å². The molecule has 5 nitrogen and oxygen atoms in total. The number of hydrogen-bond acceptors (Lipinski definition) is 4. The lowest BCUT2D eigenvalue weighted by Crippen LogP contribution is -2.14. The van der Waals surface area contributed by atoms with Crippen molar-refractivity contribution in [3.05, 3.63) is 57.7 Å². The smallest absolute Gasteiger partial charge is 0.231 e. The predicted molar refractivity (Wildman–Crippen MR) is 115 cm³/mol. The van der Waals surface area contributed by atoms with Gasteiger partial charge in [-0.1, -0.05) is 19.1 Å². The monoisotopic (exact) mass is 397 g/mol. The normalized spacial score (nSPS) is 11.0. The van der Waals surface area contributed by atoms with Crippen LogP contribution in [0.2, 0.25) is 0 Å². The van der Waals surface area contributed by atoms with Crippen LogP contribution in [0.1, 0.15) is 28.9 Å². The Bertz CT molecular complexity index is 941. The van der Waals surface area contributed by atoms with E-state index < -0.39 is 0 Å². The number of hydrogen-bond donors (Lipinski definition) is 1. The quantitative estimate of drug-likeness (QED) is 0.603. The second-order valence-corrected chi connectivity index (χ2v) is 7.77. The molecule has 0 saturated carbocycles. The SMILES string of the molecule is CCc1ccc(NC(=O)Cc2nc(-c3cc(C)n(CCOC)c3C)cs2)cc1. The summed E-state index contributed by atoms with van der Waals surface area (Å²) in [7, 11) is 1.71. The number of thiazole rings is 1. The van der Waals surface area contributed by atoms with Crippen LogP contribution in [-0.2, 0) is 28.9 Å². The van der Waals surface area contributed by atoms with Crippen LogP contribution >= 0.6 is 11.3 Å². The molecule has 3 rings (SSSR count). The van der Waals surface area contributed by atoms with E-state index in [0.29, 0.717) is 6.61 Å². The number of anilines is 1. The molecule has 0 saturated heterocycles. The van der Waals surface area contributed by atoms with Crippen LogP contribution in [0.5, 0.6) is 0 Å². The molecule has 0 atom stereocenters. The molecule has 28 heavy (non-hydrogen) atoms. The Morgan fingerprint density at radius 2 is 2.00 bits per heavy atom. The third-order valence-electron chi connectivity index (χ3n) is 4.88. The lowest BCUT2D eigenvalue weighted by Gasteiger charge is -2.08. The Kier molecular flexibility index (Phi) is 6.65. The van der Waals surface area contributed by atoms with Crippen LogP contribution in [0.15, 0.2) is 35.7 Å². The van der Waals surface area contributed by atoms with Crippen molar-refractivity contribution in [3.8, 4) is 11.3 Å². The molecule has 0 bridgehead atoms. The first-order chi connectivity index (χ1) is 13.5. The topological polar surface area (TPSA) is 56.2 Å². The Labute approximate surface area is 170 Å². The zero-order valence-corrected chi connectivity index (χ0v) is 17.7. The van der Waals surface area contributed by atoms with E-state index in [4.69, 9.17) is 9.72 Å². The number of benzene rings is 1. The van der Waals surface area contributed by atoms with E-state index in [9.17, 15) is 4.79 Å². The summed E-state index contributed by atoms with van der Waals surface area (Å²) in [4.78, 5) is 17.1. The van der Waals surface area contributed by atoms with Gasteiger partial charge in [0.2, 0.25) is 5.91 Å². The van der Waals surface area contributed by atoms with Gasteiger partial charge in [0, 0.05) is 41.7 Å². The van der Waals surface area contributed by atoms with Crippen LogP contribution in [0.3, 0.4) is 0 Å². The molecule has 2 heterocycles. The molecule has 6 heteroatoms. The second-order valence-electron chi connectivity index (χ2n) is 6.83. The third kappa shape index (κ3) is 4.69. The minimum absolute atomic E-state index is 0.0456. The Hall–Kier alpha value is -2.44. The molecule has 0 fully saturated rings. The summed E-state index contributed by atoms with van der Waals surface area (Å²) >= 11 is 1.53. The number of nitrogens with zero attached hydrogens (tertiary/aromatic N) is 2. The third-order valence-corrected chi connectivity index (χ3v) is 5.73. The Balaban J connectivity index is 1.67. The number of aryl methyl sites for hydroxylation is 2. The average Bonchev–Trinajstić information content (AvgIpc) is 3.25. The van der Waals surface area contributed by atoms with Gasteiger partial charge in [-0.05, 0) is 44.0 Å². The molecular formula is C22H27N3O2S. The van der Waals surface area contributed by atoms with Crippen LogP contribution in [-0.4, -0.2) is 29.2 Å². The number of rotatable bonds is 8. The molecule has 1 N–H and O–H groups in total. The lowest BCUT2D eigenvalue weighted by atomic mass is 10.1. The van der Waals surface area contributed by atoms with Gasteiger partial charge in [0.15, 0.2) is 0 Å². The zero-order chi connectivity index (χ0) is 20.1. The maximum Gasteiger partial charge on any atom is 0.231 e. The number of nitrogens with one attached hydrogen (secondary N) is 1. The van der Waals surface area contributed by atoms with Crippen LogP contribution in [0, 0.1) is 13.8 Å². The molecule has 3 aromatic rings. The summed E-state index contributed by atoms with van der Waals surface area (Å²) < 4.78 is 7.44. The number of amides is 1. The van der Waals surface area contributed by atoms with Gasteiger partial charge >= 0.3 is 0 Å². The van der Waals surface area contributed by atoms with Gasteiger partial charge in [-0.3, -0.25) is 4.79 Å². The maximum absolute atomic E-state index is 12.4. The van der Waals surface area contributed by atoms with E-state index in [1.165, 1.54) is 28.3 Å². The minimum Gasteiger partial charge on any atom is -0.383 e. The van der Waals surface area contributed by atoms with E-state index in [1.54, 1.807) is 7.11 Å². The highest BCUT2D eigenvalue weighted by atomic mass is 32.1. The fourth-order valence-electron chi connectivity index (χ4n) is 3.27. The maximum atomic E-state index is 12.4. The largest absolute Gasteiger partial charge is 0.383 e. The number of methoxy groups -OCH3 is 1. The first kappa shape index (κ1) is 20.3. The highest BCUT2D eigenvalue weighted by Gasteiger charge is 2.15. The molecule has 0 spiro atoms.